The second-order valence-electron chi connectivity index (χ2n) is 7.49. The van der Waals surface area contributed by atoms with E-state index in [1.54, 1.807) is 0 Å². The van der Waals surface area contributed by atoms with E-state index in [0.29, 0.717) is 17.8 Å². The van der Waals surface area contributed by atoms with Crippen LogP contribution in [0.15, 0.2) is 36.4 Å². The van der Waals surface area contributed by atoms with Crippen molar-refractivity contribution in [3.63, 3.8) is 0 Å². The first-order chi connectivity index (χ1) is 13.7. The van der Waals surface area contributed by atoms with Gasteiger partial charge in [0, 0.05) is 11.4 Å². The molecule has 2 nitrogen and oxygen atoms in total. The van der Waals surface area contributed by atoms with Gasteiger partial charge < -0.3 is 10.6 Å². The number of halogens is 6. The van der Waals surface area contributed by atoms with Gasteiger partial charge in [0.05, 0.1) is 11.1 Å². The maximum absolute atomic E-state index is 13.1. The van der Waals surface area contributed by atoms with Crippen molar-refractivity contribution >= 4 is 28.7 Å². The van der Waals surface area contributed by atoms with Crippen LogP contribution in [0, 0.1) is 0 Å². The van der Waals surface area contributed by atoms with Gasteiger partial charge in [0.1, 0.15) is 0 Å². The smallest absolute Gasteiger partial charge is 0.332 e. The van der Waals surface area contributed by atoms with Crippen LogP contribution in [0.2, 0.25) is 0 Å². The number of anilines is 2. The van der Waals surface area contributed by atoms with E-state index in [1.165, 1.54) is 0 Å². The minimum absolute atomic E-state index is 0.0760. The van der Waals surface area contributed by atoms with Gasteiger partial charge in [0.25, 0.3) is 0 Å². The summed E-state index contributed by atoms with van der Waals surface area (Å²) >= 11 is 5.20. The van der Waals surface area contributed by atoms with Crippen molar-refractivity contribution in [1.29, 1.82) is 0 Å². The van der Waals surface area contributed by atoms with Crippen LogP contribution in [0.1, 0.15) is 61.8 Å². The fourth-order valence-electron chi connectivity index (χ4n) is 3.00. The third kappa shape index (κ3) is 5.87. The Labute approximate surface area is 176 Å². The van der Waals surface area contributed by atoms with Gasteiger partial charge in [-0.2, -0.15) is 26.3 Å². The minimum Gasteiger partial charge on any atom is -0.332 e. The summed E-state index contributed by atoms with van der Waals surface area (Å²) < 4.78 is 78.4. The van der Waals surface area contributed by atoms with E-state index in [2.05, 4.69) is 10.6 Å². The Morgan fingerprint density at radius 3 is 1.57 bits per heavy atom. The first kappa shape index (κ1) is 24.0. The number of benzene rings is 2. The second-order valence-corrected chi connectivity index (χ2v) is 7.90. The molecule has 0 saturated heterocycles. The molecule has 0 amide bonds. The van der Waals surface area contributed by atoms with Crippen molar-refractivity contribution in [2.45, 2.75) is 51.9 Å². The summed E-state index contributed by atoms with van der Waals surface area (Å²) in [6, 6.07) is 6.96. The molecule has 0 atom stereocenters. The second kappa shape index (κ2) is 8.83. The van der Waals surface area contributed by atoms with E-state index < -0.39 is 29.2 Å². The molecule has 164 valence electrons. The van der Waals surface area contributed by atoms with Crippen LogP contribution in [0.4, 0.5) is 37.7 Å². The molecule has 0 radical (unpaired) electrons. The van der Waals surface area contributed by atoms with E-state index in [9.17, 15) is 26.3 Å². The molecule has 9 heteroatoms. The van der Waals surface area contributed by atoms with Gasteiger partial charge in [0.15, 0.2) is 5.11 Å². The van der Waals surface area contributed by atoms with Gasteiger partial charge >= 0.3 is 12.4 Å². The number of hydrogen-bond acceptors (Lipinski definition) is 1. The maximum Gasteiger partial charge on any atom is 0.416 e. The number of nitrogens with one attached hydrogen (secondary N) is 2. The van der Waals surface area contributed by atoms with Crippen molar-refractivity contribution in [3.05, 3.63) is 58.7 Å². The summed E-state index contributed by atoms with van der Waals surface area (Å²) in [7, 11) is 0. The Morgan fingerprint density at radius 2 is 1.20 bits per heavy atom. The lowest BCUT2D eigenvalue weighted by Gasteiger charge is -2.22. The molecule has 2 aromatic rings. The lowest BCUT2D eigenvalue weighted by molar-refractivity contribution is -0.143. The number of rotatable bonds is 4. The van der Waals surface area contributed by atoms with E-state index >= 15 is 0 Å². The van der Waals surface area contributed by atoms with Gasteiger partial charge in [-0.15, -0.1) is 0 Å². The number of para-hydroxylation sites is 1. The normalized spacial score (nSPS) is 12.4. The van der Waals surface area contributed by atoms with E-state index in [4.69, 9.17) is 12.2 Å². The summed E-state index contributed by atoms with van der Waals surface area (Å²) in [6.07, 6.45) is -9.86. The van der Waals surface area contributed by atoms with Gasteiger partial charge in [-0.25, -0.2) is 0 Å². The first-order valence-corrected chi connectivity index (χ1v) is 9.61. The molecule has 2 N–H and O–H groups in total. The summed E-state index contributed by atoms with van der Waals surface area (Å²) in [5.74, 6) is 0.249. The molecule has 0 fully saturated rings. The lowest BCUT2D eigenvalue weighted by atomic mass is 9.93. The van der Waals surface area contributed by atoms with Crippen molar-refractivity contribution in [3.8, 4) is 0 Å². The SMILES string of the molecule is CC(C)c1cccc(C(C)C)c1NC(=S)Nc1cc(C(F)(F)F)cc(C(F)(F)F)c1. The van der Waals surface area contributed by atoms with Gasteiger partial charge in [-0.1, -0.05) is 45.9 Å². The average Bonchev–Trinajstić information content (AvgIpc) is 2.59. The van der Waals surface area contributed by atoms with Crippen LogP contribution in [-0.2, 0) is 12.4 Å². The summed E-state index contributed by atoms with van der Waals surface area (Å²) in [5, 5.41) is 5.33. The number of hydrogen-bond donors (Lipinski definition) is 2. The molecule has 0 heterocycles. The van der Waals surface area contributed by atoms with Crippen molar-refractivity contribution in [1.82, 2.24) is 0 Å². The van der Waals surface area contributed by atoms with Gasteiger partial charge in [-0.3, -0.25) is 0 Å². The molecule has 2 aromatic carbocycles. The minimum atomic E-state index is -4.93. The number of thiocarbonyl (C=S) groups is 1. The fraction of sp³-hybridized carbons (Fsp3) is 0.381. The van der Waals surface area contributed by atoms with Gasteiger partial charge in [-0.05, 0) is 53.4 Å². The molecular weight excluding hydrogens is 426 g/mol. The average molecular weight is 448 g/mol. The standard InChI is InChI=1S/C21H22F6N2S/c1-11(2)16-6-5-7-17(12(3)4)18(16)29-19(30)28-15-9-13(20(22,23)24)8-14(10-15)21(25,26)27/h5-12H,1-4H3,(H2,28,29,30). The molecule has 0 aliphatic carbocycles. The van der Waals surface area contributed by atoms with E-state index in [-0.39, 0.29) is 23.0 Å². The van der Waals surface area contributed by atoms with E-state index in [0.717, 1.165) is 11.1 Å². The highest BCUT2D eigenvalue weighted by atomic mass is 32.1. The monoisotopic (exact) mass is 448 g/mol. The first-order valence-electron chi connectivity index (χ1n) is 9.20. The predicted octanol–water partition coefficient (Wildman–Crippen LogP) is 7.78. The third-order valence-electron chi connectivity index (χ3n) is 4.46. The van der Waals surface area contributed by atoms with Crippen LogP contribution in [0.5, 0.6) is 0 Å². The van der Waals surface area contributed by atoms with Crippen LogP contribution in [0.25, 0.3) is 0 Å². The molecule has 30 heavy (non-hydrogen) atoms. The molecule has 0 aliphatic heterocycles. The fourth-order valence-corrected chi connectivity index (χ4v) is 3.22. The van der Waals surface area contributed by atoms with Crippen LogP contribution in [-0.4, -0.2) is 5.11 Å². The van der Waals surface area contributed by atoms with E-state index in [1.807, 2.05) is 45.9 Å². The summed E-state index contributed by atoms with van der Waals surface area (Å²) in [4.78, 5) is 0. The highest BCUT2D eigenvalue weighted by molar-refractivity contribution is 7.80. The molecule has 0 spiro atoms. The zero-order valence-electron chi connectivity index (χ0n) is 16.8. The Bertz CT molecular complexity index is 858. The van der Waals surface area contributed by atoms with Crippen molar-refractivity contribution in [2.24, 2.45) is 0 Å². The molecule has 0 bridgehead atoms. The largest absolute Gasteiger partial charge is 0.416 e. The quantitative estimate of drug-likeness (QED) is 0.369. The zero-order chi connectivity index (χ0) is 22.9. The Morgan fingerprint density at radius 1 is 0.767 bits per heavy atom. The van der Waals surface area contributed by atoms with Crippen LogP contribution < -0.4 is 10.6 Å². The van der Waals surface area contributed by atoms with Crippen LogP contribution in [0.3, 0.4) is 0 Å². The Kier molecular flexibility index (Phi) is 7.06. The highest BCUT2D eigenvalue weighted by Gasteiger charge is 2.37. The Hall–Kier alpha value is -2.29. The molecule has 0 unspecified atom stereocenters. The molecule has 2 rings (SSSR count). The maximum atomic E-state index is 13.1. The molecular formula is C21H22F6N2S. The summed E-state index contributed by atoms with van der Waals surface area (Å²) in [6.45, 7) is 7.90. The van der Waals surface area contributed by atoms with Crippen molar-refractivity contribution < 1.29 is 26.3 Å². The third-order valence-corrected chi connectivity index (χ3v) is 4.66. The lowest BCUT2D eigenvalue weighted by Crippen LogP contribution is -2.22. The highest BCUT2D eigenvalue weighted by Crippen LogP contribution is 2.38. The summed E-state index contributed by atoms with van der Waals surface area (Å²) in [5.41, 5.74) is -0.650. The molecule has 0 aliphatic rings. The predicted molar refractivity (Wildman–Crippen MR) is 111 cm³/mol. The molecule has 0 aromatic heterocycles. The number of alkyl halides is 6. The zero-order valence-corrected chi connectivity index (χ0v) is 17.6. The molecule has 0 saturated carbocycles. The van der Waals surface area contributed by atoms with Crippen molar-refractivity contribution in [2.75, 3.05) is 10.6 Å². The van der Waals surface area contributed by atoms with Gasteiger partial charge in [0.2, 0.25) is 0 Å². The topological polar surface area (TPSA) is 24.1 Å². The Balaban J connectivity index is 2.40. The van der Waals surface area contributed by atoms with Crippen LogP contribution >= 0.6 is 12.2 Å².